The van der Waals surface area contributed by atoms with E-state index in [-0.39, 0.29) is 11.9 Å². The van der Waals surface area contributed by atoms with E-state index < -0.39 is 0 Å². The molecule has 2 heterocycles. The SMILES string of the molecule is Cc1nc(CCNC(=O)NCCC(=O)N2CCCC2)sc1C. The third kappa shape index (κ3) is 4.98. The molecule has 2 rings (SSSR count). The van der Waals surface area contributed by atoms with Crippen molar-refractivity contribution in [3.05, 3.63) is 15.6 Å². The molecule has 1 aliphatic heterocycles. The molecule has 0 unspecified atom stereocenters. The van der Waals surface area contributed by atoms with Gasteiger partial charge < -0.3 is 15.5 Å². The van der Waals surface area contributed by atoms with Gasteiger partial charge in [-0.05, 0) is 26.7 Å². The van der Waals surface area contributed by atoms with Gasteiger partial charge in [0.15, 0.2) is 0 Å². The predicted molar refractivity (Wildman–Crippen MR) is 87.1 cm³/mol. The molecule has 2 N–H and O–H groups in total. The van der Waals surface area contributed by atoms with Crippen LogP contribution in [0.3, 0.4) is 0 Å². The quantitative estimate of drug-likeness (QED) is 0.835. The molecular weight excluding hydrogens is 300 g/mol. The maximum Gasteiger partial charge on any atom is 0.314 e. The number of rotatable bonds is 6. The molecule has 0 aliphatic carbocycles. The number of hydrogen-bond acceptors (Lipinski definition) is 4. The van der Waals surface area contributed by atoms with E-state index in [9.17, 15) is 9.59 Å². The molecule has 22 heavy (non-hydrogen) atoms. The summed E-state index contributed by atoms with van der Waals surface area (Å²) in [5.41, 5.74) is 1.06. The number of likely N-dealkylation sites (tertiary alicyclic amines) is 1. The first-order chi connectivity index (χ1) is 10.6. The normalized spacial score (nSPS) is 14.2. The lowest BCUT2D eigenvalue weighted by Crippen LogP contribution is -2.39. The summed E-state index contributed by atoms with van der Waals surface area (Å²) in [4.78, 5) is 31.0. The maximum atomic E-state index is 11.8. The lowest BCUT2D eigenvalue weighted by molar-refractivity contribution is -0.129. The summed E-state index contributed by atoms with van der Waals surface area (Å²) in [6.45, 7) is 6.70. The lowest BCUT2D eigenvalue weighted by atomic mass is 10.3. The number of aryl methyl sites for hydroxylation is 2. The van der Waals surface area contributed by atoms with Crippen molar-refractivity contribution in [2.24, 2.45) is 0 Å². The second kappa shape index (κ2) is 8.12. The zero-order valence-corrected chi connectivity index (χ0v) is 14.1. The van der Waals surface area contributed by atoms with Crippen LogP contribution in [0.2, 0.25) is 0 Å². The average molecular weight is 324 g/mol. The van der Waals surface area contributed by atoms with Crippen molar-refractivity contribution in [1.29, 1.82) is 0 Å². The van der Waals surface area contributed by atoms with Crippen LogP contribution in [-0.4, -0.2) is 48.0 Å². The third-order valence-electron chi connectivity index (χ3n) is 3.78. The van der Waals surface area contributed by atoms with Gasteiger partial charge in [0, 0.05) is 43.9 Å². The fourth-order valence-corrected chi connectivity index (χ4v) is 3.33. The molecule has 1 aliphatic rings. The predicted octanol–water partition coefficient (Wildman–Crippen LogP) is 1.61. The summed E-state index contributed by atoms with van der Waals surface area (Å²) in [5, 5.41) is 6.56. The first-order valence-corrected chi connectivity index (χ1v) is 8.60. The Kier molecular flexibility index (Phi) is 6.18. The second-order valence-corrected chi connectivity index (χ2v) is 6.81. The first kappa shape index (κ1) is 16.7. The molecule has 1 fully saturated rings. The standard InChI is InChI=1S/C15H24N4O2S/c1-11-12(2)22-13(18-11)5-7-16-15(21)17-8-6-14(20)19-9-3-4-10-19/h3-10H2,1-2H3,(H2,16,17,21). The van der Waals surface area contributed by atoms with Gasteiger partial charge in [0.25, 0.3) is 0 Å². The van der Waals surface area contributed by atoms with E-state index in [1.54, 1.807) is 11.3 Å². The molecule has 0 radical (unpaired) electrons. The van der Waals surface area contributed by atoms with Gasteiger partial charge in [-0.2, -0.15) is 0 Å². The Hall–Kier alpha value is -1.63. The van der Waals surface area contributed by atoms with Crippen LogP contribution < -0.4 is 10.6 Å². The Balaban J connectivity index is 1.56. The van der Waals surface area contributed by atoms with Crippen LogP contribution in [0.5, 0.6) is 0 Å². The molecule has 0 atom stereocenters. The van der Waals surface area contributed by atoms with Gasteiger partial charge in [-0.15, -0.1) is 11.3 Å². The van der Waals surface area contributed by atoms with Crippen molar-refractivity contribution in [3.63, 3.8) is 0 Å². The number of thiazole rings is 1. The fourth-order valence-electron chi connectivity index (χ4n) is 2.40. The van der Waals surface area contributed by atoms with E-state index in [1.165, 1.54) is 4.88 Å². The highest BCUT2D eigenvalue weighted by Crippen LogP contribution is 2.16. The summed E-state index contributed by atoms with van der Waals surface area (Å²) in [5.74, 6) is 0.131. The van der Waals surface area contributed by atoms with E-state index >= 15 is 0 Å². The monoisotopic (exact) mass is 324 g/mol. The Morgan fingerprint density at radius 3 is 2.50 bits per heavy atom. The van der Waals surface area contributed by atoms with Gasteiger partial charge in [0.2, 0.25) is 5.91 Å². The number of carbonyl (C=O) groups is 2. The van der Waals surface area contributed by atoms with E-state index in [0.717, 1.165) is 43.1 Å². The third-order valence-corrected chi connectivity index (χ3v) is 4.91. The van der Waals surface area contributed by atoms with Crippen LogP contribution in [0.1, 0.15) is 34.8 Å². The minimum absolute atomic E-state index is 0.131. The molecule has 7 heteroatoms. The van der Waals surface area contributed by atoms with Crippen molar-refractivity contribution in [2.75, 3.05) is 26.2 Å². The molecule has 6 nitrogen and oxygen atoms in total. The summed E-state index contributed by atoms with van der Waals surface area (Å²) >= 11 is 1.67. The maximum absolute atomic E-state index is 11.8. The van der Waals surface area contributed by atoms with Crippen LogP contribution in [0.25, 0.3) is 0 Å². The summed E-state index contributed by atoms with van der Waals surface area (Å²) in [6.07, 6.45) is 3.29. The van der Waals surface area contributed by atoms with E-state index in [0.29, 0.717) is 19.5 Å². The molecule has 1 aromatic heterocycles. The molecule has 0 spiro atoms. The number of nitrogens with zero attached hydrogens (tertiary/aromatic N) is 2. The smallest absolute Gasteiger partial charge is 0.314 e. The fraction of sp³-hybridized carbons (Fsp3) is 0.667. The lowest BCUT2D eigenvalue weighted by Gasteiger charge is -2.15. The average Bonchev–Trinajstić information content (AvgIpc) is 3.10. The van der Waals surface area contributed by atoms with Crippen molar-refractivity contribution in [1.82, 2.24) is 20.5 Å². The van der Waals surface area contributed by atoms with Crippen molar-refractivity contribution in [3.8, 4) is 0 Å². The summed E-state index contributed by atoms with van der Waals surface area (Å²) < 4.78 is 0. The minimum atomic E-state index is -0.223. The summed E-state index contributed by atoms with van der Waals surface area (Å²) in [7, 11) is 0. The second-order valence-electron chi connectivity index (χ2n) is 5.52. The number of aromatic nitrogens is 1. The topological polar surface area (TPSA) is 74.3 Å². The van der Waals surface area contributed by atoms with Gasteiger partial charge in [-0.1, -0.05) is 0 Å². The van der Waals surface area contributed by atoms with E-state index in [4.69, 9.17) is 0 Å². The zero-order valence-electron chi connectivity index (χ0n) is 13.3. The minimum Gasteiger partial charge on any atom is -0.343 e. The van der Waals surface area contributed by atoms with Gasteiger partial charge in [0.05, 0.1) is 10.7 Å². The van der Waals surface area contributed by atoms with Crippen LogP contribution >= 0.6 is 11.3 Å². The molecule has 0 saturated carbocycles. The van der Waals surface area contributed by atoms with Gasteiger partial charge in [-0.3, -0.25) is 4.79 Å². The van der Waals surface area contributed by atoms with Crippen LogP contribution in [0.15, 0.2) is 0 Å². The highest BCUT2D eigenvalue weighted by molar-refractivity contribution is 7.11. The van der Waals surface area contributed by atoms with E-state index in [2.05, 4.69) is 15.6 Å². The van der Waals surface area contributed by atoms with Crippen molar-refractivity contribution >= 4 is 23.3 Å². The molecule has 122 valence electrons. The first-order valence-electron chi connectivity index (χ1n) is 7.78. The van der Waals surface area contributed by atoms with Gasteiger partial charge in [0.1, 0.15) is 0 Å². The molecule has 1 saturated heterocycles. The molecule has 0 bridgehead atoms. The Morgan fingerprint density at radius 1 is 1.18 bits per heavy atom. The molecule has 3 amide bonds. The number of nitrogens with one attached hydrogen (secondary N) is 2. The Bertz CT molecular complexity index is 504. The zero-order chi connectivity index (χ0) is 15.9. The molecule has 1 aromatic rings. The Labute approximate surface area is 135 Å². The molecule has 0 aromatic carbocycles. The number of hydrogen-bond donors (Lipinski definition) is 2. The van der Waals surface area contributed by atoms with E-state index in [1.807, 2.05) is 18.7 Å². The van der Waals surface area contributed by atoms with Crippen LogP contribution in [0.4, 0.5) is 4.79 Å². The van der Waals surface area contributed by atoms with Crippen molar-refractivity contribution in [2.45, 2.75) is 39.5 Å². The largest absolute Gasteiger partial charge is 0.343 e. The highest BCUT2D eigenvalue weighted by atomic mass is 32.1. The number of carbonyl (C=O) groups excluding carboxylic acids is 2. The van der Waals surface area contributed by atoms with Gasteiger partial charge in [-0.25, -0.2) is 9.78 Å². The molecular formula is C15H24N4O2S. The number of amides is 3. The van der Waals surface area contributed by atoms with Crippen molar-refractivity contribution < 1.29 is 9.59 Å². The highest BCUT2D eigenvalue weighted by Gasteiger charge is 2.17. The number of urea groups is 1. The van der Waals surface area contributed by atoms with Crippen LogP contribution in [-0.2, 0) is 11.2 Å². The summed E-state index contributed by atoms with van der Waals surface area (Å²) in [6, 6.07) is -0.223. The Morgan fingerprint density at radius 2 is 1.86 bits per heavy atom. The van der Waals surface area contributed by atoms with Crippen LogP contribution in [0, 0.1) is 13.8 Å². The van der Waals surface area contributed by atoms with Gasteiger partial charge >= 0.3 is 6.03 Å².